The van der Waals surface area contributed by atoms with Crippen LogP contribution >= 0.6 is 34.8 Å². The van der Waals surface area contributed by atoms with E-state index in [1.807, 2.05) is 30.3 Å². The van der Waals surface area contributed by atoms with E-state index in [0.717, 1.165) is 11.3 Å². The van der Waals surface area contributed by atoms with Gasteiger partial charge in [-0.3, -0.25) is 0 Å². The Hall–Kier alpha value is -2.16. The zero-order valence-electron chi connectivity index (χ0n) is 18.6. The van der Waals surface area contributed by atoms with Crippen molar-refractivity contribution in [2.24, 2.45) is 0 Å². The number of benzene rings is 3. The number of nitrogens with zero attached hydrogens (tertiary/aromatic N) is 1. The Labute approximate surface area is 219 Å². The van der Waals surface area contributed by atoms with Crippen molar-refractivity contribution in [2.45, 2.75) is 29.8 Å². The first-order chi connectivity index (χ1) is 16.8. The summed E-state index contributed by atoms with van der Waals surface area (Å²) in [5.74, 6) is 0.983. The molecule has 0 aliphatic carbocycles. The fourth-order valence-corrected chi connectivity index (χ4v) is 6.50. The van der Waals surface area contributed by atoms with Crippen LogP contribution in [0.1, 0.15) is 24.4 Å². The predicted octanol–water partition coefficient (Wildman–Crippen LogP) is 6.11. The van der Waals surface area contributed by atoms with Gasteiger partial charge < -0.3 is 14.4 Å². The fraction of sp³-hybridized carbons (Fsp3) is 0.280. The smallest absolute Gasteiger partial charge is 0.240 e. The molecular weight excluding hydrogens is 531 g/mol. The van der Waals surface area contributed by atoms with E-state index in [1.54, 1.807) is 18.2 Å². The van der Waals surface area contributed by atoms with Crippen LogP contribution in [0.3, 0.4) is 0 Å². The molecule has 0 aromatic heterocycles. The number of hydrogen-bond acceptors (Lipinski definition) is 5. The summed E-state index contributed by atoms with van der Waals surface area (Å²) in [6.07, 6.45) is 1.15. The highest BCUT2D eigenvalue weighted by Gasteiger charge is 2.33. The standard InChI is InChI=1S/C25H23Cl3N2O4S/c26-17-3-1-16(2-4-17)23-14-19(9-10-30(23)22-7-5-18(27)13-21(22)28)29-35(31,32)20-6-8-24-25(15-20)34-12-11-33-24/h1-8,13,15,19,23,29H,9-12,14H2/t19-,23?/m1/s1. The second-order valence-corrected chi connectivity index (χ2v) is 11.5. The van der Waals surface area contributed by atoms with Gasteiger partial charge in [-0.25, -0.2) is 13.1 Å². The minimum atomic E-state index is -3.77. The van der Waals surface area contributed by atoms with Gasteiger partial charge in [0.25, 0.3) is 0 Å². The van der Waals surface area contributed by atoms with Gasteiger partial charge in [0.1, 0.15) is 13.2 Å². The summed E-state index contributed by atoms with van der Waals surface area (Å²) in [4.78, 5) is 2.34. The SMILES string of the molecule is O=S(=O)(N[C@@H]1CCN(c2ccc(Cl)cc2Cl)C(c2ccc(Cl)cc2)C1)c1ccc2c(c1)OCCO2. The number of nitrogens with one attached hydrogen (secondary N) is 1. The molecule has 10 heteroatoms. The van der Waals surface area contributed by atoms with Crippen molar-refractivity contribution in [3.05, 3.63) is 81.3 Å². The normalized spacial score (nSPS) is 20.0. The van der Waals surface area contributed by atoms with Crippen molar-refractivity contribution in [3.63, 3.8) is 0 Å². The van der Waals surface area contributed by atoms with Gasteiger partial charge in [-0.2, -0.15) is 0 Å². The Bertz CT molecular complexity index is 1340. The van der Waals surface area contributed by atoms with Gasteiger partial charge in [0.15, 0.2) is 11.5 Å². The van der Waals surface area contributed by atoms with Crippen LogP contribution in [0.5, 0.6) is 11.5 Å². The van der Waals surface area contributed by atoms with Crippen molar-refractivity contribution in [1.82, 2.24) is 4.72 Å². The maximum absolute atomic E-state index is 13.2. The molecule has 0 spiro atoms. The number of anilines is 1. The third-order valence-corrected chi connectivity index (χ3v) is 8.53. The van der Waals surface area contributed by atoms with E-state index in [-0.39, 0.29) is 17.0 Å². The average Bonchev–Trinajstić information content (AvgIpc) is 2.84. The summed E-state index contributed by atoms with van der Waals surface area (Å²) in [6, 6.07) is 17.3. The number of halogens is 3. The summed E-state index contributed by atoms with van der Waals surface area (Å²) in [5.41, 5.74) is 1.87. The minimum Gasteiger partial charge on any atom is -0.486 e. The molecule has 0 saturated carbocycles. The minimum absolute atomic E-state index is 0.118. The molecular formula is C25H23Cl3N2O4S. The van der Waals surface area contributed by atoms with E-state index < -0.39 is 10.0 Å². The van der Waals surface area contributed by atoms with Crippen LogP contribution in [0.15, 0.2) is 65.6 Å². The Kier molecular flexibility index (Phi) is 7.06. The summed E-state index contributed by atoms with van der Waals surface area (Å²) >= 11 is 18.8. The number of piperidine rings is 1. The number of hydrogen-bond donors (Lipinski definition) is 1. The van der Waals surface area contributed by atoms with Gasteiger partial charge in [0.05, 0.1) is 21.6 Å². The van der Waals surface area contributed by atoms with Gasteiger partial charge in [-0.15, -0.1) is 0 Å². The van der Waals surface area contributed by atoms with Crippen LogP contribution in [0, 0.1) is 0 Å². The zero-order chi connectivity index (χ0) is 24.6. The molecule has 0 bridgehead atoms. The number of fused-ring (bicyclic) bond motifs is 1. The number of rotatable bonds is 5. The molecule has 1 saturated heterocycles. The third kappa shape index (κ3) is 5.34. The molecule has 1 fully saturated rings. The Morgan fingerprint density at radius 3 is 2.31 bits per heavy atom. The lowest BCUT2D eigenvalue weighted by atomic mass is 9.91. The van der Waals surface area contributed by atoms with E-state index in [4.69, 9.17) is 44.3 Å². The molecule has 0 amide bonds. The molecule has 2 heterocycles. The summed E-state index contributed by atoms with van der Waals surface area (Å²) in [7, 11) is -3.77. The molecule has 6 nitrogen and oxygen atoms in total. The molecule has 1 unspecified atom stereocenters. The first-order valence-electron chi connectivity index (χ1n) is 11.2. The van der Waals surface area contributed by atoms with Crippen LogP contribution in [0.25, 0.3) is 0 Å². The second-order valence-electron chi connectivity index (χ2n) is 8.50. The van der Waals surface area contributed by atoms with E-state index in [1.165, 1.54) is 12.1 Å². The van der Waals surface area contributed by atoms with Gasteiger partial charge in [-0.1, -0.05) is 46.9 Å². The maximum Gasteiger partial charge on any atom is 0.240 e. The largest absolute Gasteiger partial charge is 0.486 e. The monoisotopic (exact) mass is 552 g/mol. The zero-order valence-corrected chi connectivity index (χ0v) is 21.7. The Morgan fingerprint density at radius 1 is 0.857 bits per heavy atom. The summed E-state index contributed by atoms with van der Waals surface area (Å²) < 4.78 is 40.4. The molecule has 2 aliphatic heterocycles. The number of ether oxygens (including phenoxy) is 2. The first-order valence-corrected chi connectivity index (χ1v) is 13.8. The van der Waals surface area contributed by atoms with Gasteiger partial charge in [0, 0.05) is 28.7 Å². The highest BCUT2D eigenvalue weighted by molar-refractivity contribution is 7.89. The molecule has 2 atom stereocenters. The fourth-order valence-electron chi connectivity index (χ4n) is 4.55. The molecule has 2 aliphatic rings. The van der Waals surface area contributed by atoms with Gasteiger partial charge in [0.2, 0.25) is 10.0 Å². The van der Waals surface area contributed by atoms with Crippen LogP contribution in [0.2, 0.25) is 15.1 Å². The van der Waals surface area contributed by atoms with E-state index in [2.05, 4.69) is 9.62 Å². The highest BCUT2D eigenvalue weighted by atomic mass is 35.5. The quantitative estimate of drug-likeness (QED) is 0.413. The van der Waals surface area contributed by atoms with Crippen molar-refractivity contribution >= 4 is 50.5 Å². The topological polar surface area (TPSA) is 67.9 Å². The van der Waals surface area contributed by atoms with Gasteiger partial charge >= 0.3 is 0 Å². The summed E-state index contributed by atoms with van der Waals surface area (Å²) in [6.45, 7) is 1.43. The van der Waals surface area contributed by atoms with Crippen LogP contribution < -0.4 is 19.1 Å². The third-order valence-electron chi connectivity index (χ3n) is 6.22. The number of sulfonamides is 1. The molecule has 5 rings (SSSR count). The first kappa shape index (κ1) is 24.5. The molecule has 35 heavy (non-hydrogen) atoms. The molecule has 3 aromatic carbocycles. The average molecular weight is 554 g/mol. The van der Waals surface area contributed by atoms with Gasteiger partial charge in [-0.05, 0) is 60.9 Å². The summed E-state index contributed by atoms with van der Waals surface area (Å²) in [5, 5.41) is 1.74. The Balaban J connectivity index is 1.41. The molecule has 1 N–H and O–H groups in total. The van der Waals surface area contributed by atoms with Crippen molar-refractivity contribution in [3.8, 4) is 11.5 Å². The maximum atomic E-state index is 13.2. The second kappa shape index (κ2) is 10.1. The molecule has 184 valence electrons. The Morgan fingerprint density at radius 2 is 1.57 bits per heavy atom. The molecule has 3 aromatic rings. The van der Waals surface area contributed by atoms with E-state index in [9.17, 15) is 8.42 Å². The van der Waals surface area contributed by atoms with Crippen molar-refractivity contribution < 1.29 is 17.9 Å². The van der Waals surface area contributed by atoms with Crippen molar-refractivity contribution in [1.29, 1.82) is 0 Å². The van der Waals surface area contributed by atoms with E-state index in [0.29, 0.717) is 59.2 Å². The van der Waals surface area contributed by atoms with Crippen LogP contribution in [-0.2, 0) is 10.0 Å². The highest BCUT2D eigenvalue weighted by Crippen LogP contribution is 2.40. The predicted molar refractivity (Wildman–Crippen MR) is 139 cm³/mol. The lowest BCUT2D eigenvalue weighted by Crippen LogP contribution is -2.46. The van der Waals surface area contributed by atoms with Crippen LogP contribution in [0.4, 0.5) is 5.69 Å². The lowest BCUT2D eigenvalue weighted by Gasteiger charge is -2.42. The lowest BCUT2D eigenvalue weighted by molar-refractivity contribution is 0.171. The van der Waals surface area contributed by atoms with E-state index >= 15 is 0 Å². The van der Waals surface area contributed by atoms with Crippen molar-refractivity contribution in [2.75, 3.05) is 24.7 Å². The van der Waals surface area contributed by atoms with Crippen LogP contribution in [-0.4, -0.2) is 34.2 Å². The molecule has 0 radical (unpaired) electrons.